The molecule has 1 fully saturated rings. The molecule has 29 heavy (non-hydrogen) atoms. The second-order valence-corrected chi connectivity index (χ2v) is 8.49. The summed E-state index contributed by atoms with van der Waals surface area (Å²) in [6.07, 6.45) is 1.92. The number of nitrogens with zero attached hydrogens (tertiary/aromatic N) is 2. The van der Waals surface area contributed by atoms with Crippen LogP contribution >= 0.6 is 11.3 Å². The molecule has 0 unspecified atom stereocenters. The van der Waals surface area contributed by atoms with Gasteiger partial charge in [-0.15, -0.1) is 0 Å². The SMILES string of the molecule is CCOc1ccc2nc(N3CCC[C@H](C(=O)N[C@@H](C)c4ccccc4)C3)sc2c1. The molecule has 0 aliphatic carbocycles. The summed E-state index contributed by atoms with van der Waals surface area (Å²) in [5.74, 6) is 0.993. The van der Waals surface area contributed by atoms with Gasteiger partial charge in [0.2, 0.25) is 5.91 Å². The van der Waals surface area contributed by atoms with E-state index in [1.165, 1.54) is 0 Å². The molecule has 0 saturated carbocycles. The number of nitrogens with one attached hydrogen (secondary N) is 1. The quantitative estimate of drug-likeness (QED) is 0.636. The van der Waals surface area contributed by atoms with Crippen molar-refractivity contribution < 1.29 is 9.53 Å². The Morgan fingerprint density at radius 1 is 1.31 bits per heavy atom. The van der Waals surface area contributed by atoms with Crippen molar-refractivity contribution in [2.24, 2.45) is 5.92 Å². The van der Waals surface area contributed by atoms with Gasteiger partial charge in [0.25, 0.3) is 0 Å². The number of benzene rings is 2. The molecule has 1 N–H and O–H groups in total. The Labute approximate surface area is 175 Å². The Hall–Kier alpha value is -2.60. The van der Waals surface area contributed by atoms with Crippen LogP contribution in [0.5, 0.6) is 5.75 Å². The molecule has 2 heterocycles. The number of carbonyl (C=O) groups excluding carboxylic acids is 1. The van der Waals surface area contributed by atoms with E-state index in [0.717, 1.165) is 46.0 Å². The van der Waals surface area contributed by atoms with E-state index in [4.69, 9.17) is 9.72 Å². The maximum absolute atomic E-state index is 12.9. The molecule has 152 valence electrons. The van der Waals surface area contributed by atoms with Gasteiger partial charge in [-0.05, 0) is 50.5 Å². The first-order chi connectivity index (χ1) is 14.1. The summed E-state index contributed by atoms with van der Waals surface area (Å²) in [6.45, 7) is 6.33. The van der Waals surface area contributed by atoms with Crippen LogP contribution in [0.3, 0.4) is 0 Å². The lowest BCUT2D eigenvalue weighted by molar-refractivity contribution is -0.125. The number of hydrogen-bond donors (Lipinski definition) is 1. The van der Waals surface area contributed by atoms with Crippen LogP contribution in [0.1, 0.15) is 38.3 Å². The molecule has 1 aliphatic rings. The van der Waals surface area contributed by atoms with Gasteiger partial charge in [-0.25, -0.2) is 4.98 Å². The summed E-state index contributed by atoms with van der Waals surface area (Å²) < 4.78 is 6.72. The standard InChI is InChI=1S/C23H27N3O2S/c1-3-28-19-11-12-20-21(14-19)29-23(25-20)26-13-7-10-18(15-26)22(27)24-16(2)17-8-5-4-6-9-17/h4-6,8-9,11-12,14,16,18H,3,7,10,13,15H2,1-2H3,(H,24,27)/t16-,18-/m0/s1. The lowest BCUT2D eigenvalue weighted by Crippen LogP contribution is -2.43. The minimum atomic E-state index is -0.0130. The van der Waals surface area contributed by atoms with Crippen LogP contribution < -0.4 is 15.0 Å². The van der Waals surface area contributed by atoms with E-state index in [9.17, 15) is 4.79 Å². The lowest BCUT2D eigenvalue weighted by Gasteiger charge is -2.32. The first-order valence-corrected chi connectivity index (χ1v) is 11.1. The fourth-order valence-corrected chi connectivity index (χ4v) is 4.83. The molecule has 1 amide bonds. The third-order valence-corrected chi connectivity index (χ3v) is 6.46. The molecule has 5 nitrogen and oxygen atoms in total. The molecule has 6 heteroatoms. The van der Waals surface area contributed by atoms with Crippen molar-refractivity contribution in [3.8, 4) is 5.75 Å². The van der Waals surface area contributed by atoms with Gasteiger partial charge < -0.3 is 15.0 Å². The van der Waals surface area contributed by atoms with Crippen LogP contribution in [0.25, 0.3) is 10.2 Å². The van der Waals surface area contributed by atoms with Gasteiger partial charge in [0.05, 0.1) is 28.8 Å². The third-order valence-electron chi connectivity index (χ3n) is 5.38. The highest BCUT2D eigenvalue weighted by atomic mass is 32.1. The highest BCUT2D eigenvalue weighted by Gasteiger charge is 2.28. The van der Waals surface area contributed by atoms with Crippen LogP contribution in [0.4, 0.5) is 5.13 Å². The normalized spacial score (nSPS) is 17.9. The van der Waals surface area contributed by atoms with Crippen molar-refractivity contribution in [3.63, 3.8) is 0 Å². The fourth-order valence-electron chi connectivity index (χ4n) is 3.81. The maximum Gasteiger partial charge on any atom is 0.225 e. The van der Waals surface area contributed by atoms with Crippen molar-refractivity contribution in [3.05, 3.63) is 54.1 Å². The Morgan fingerprint density at radius 2 is 2.14 bits per heavy atom. The van der Waals surface area contributed by atoms with Gasteiger partial charge >= 0.3 is 0 Å². The van der Waals surface area contributed by atoms with Gasteiger partial charge in [0.15, 0.2) is 5.13 Å². The zero-order chi connectivity index (χ0) is 20.2. The van der Waals surface area contributed by atoms with Crippen molar-refractivity contribution >= 4 is 32.6 Å². The highest BCUT2D eigenvalue weighted by molar-refractivity contribution is 7.22. The van der Waals surface area contributed by atoms with Crippen LogP contribution in [0, 0.1) is 5.92 Å². The van der Waals surface area contributed by atoms with E-state index >= 15 is 0 Å². The molecule has 3 aromatic rings. The molecule has 2 aromatic carbocycles. The zero-order valence-corrected chi connectivity index (χ0v) is 17.7. The molecular weight excluding hydrogens is 382 g/mol. The summed E-state index contributed by atoms with van der Waals surface area (Å²) in [5.41, 5.74) is 2.11. The van der Waals surface area contributed by atoms with Crippen LogP contribution in [0.15, 0.2) is 48.5 Å². The molecule has 1 aromatic heterocycles. The van der Waals surface area contributed by atoms with Crippen molar-refractivity contribution in [2.45, 2.75) is 32.7 Å². The number of aromatic nitrogens is 1. The summed E-state index contributed by atoms with van der Waals surface area (Å²) in [7, 11) is 0. The van der Waals surface area contributed by atoms with Crippen molar-refractivity contribution in [1.29, 1.82) is 0 Å². The van der Waals surface area contributed by atoms with Gasteiger partial charge in [-0.1, -0.05) is 41.7 Å². The number of amides is 1. The van der Waals surface area contributed by atoms with E-state index in [-0.39, 0.29) is 17.9 Å². The summed E-state index contributed by atoms with van der Waals surface area (Å²) in [6, 6.07) is 16.1. The summed E-state index contributed by atoms with van der Waals surface area (Å²) in [5, 5.41) is 4.18. The Bertz CT molecular complexity index is 973. The van der Waals surface area contributed by atoms with E-state index < -0.39 is 0 Å². The average Bonchev–Trinajstić information content (AvgIpc) is 3.18. The van der Waals surface area contributed by atoms with E-state index in [2.05, 4.69) is 28.4 Å². The van der Waals surface area contributed by atoms with Crippen LogP contribution in [-0.4, -0.2) is 30.6 Å². The number of fused-ring (bicyclic) bond motifs is 1. The van der Waals surface area contributed by atoms with Crippen molar-refractivity contribution in [2.75, 3.05) is 24.6 Å². The highest BCUT2D eigenvalue weighted by Crippen LogP contribution is 2.33. The second kappa shape index (κ2) is 8.82. The van der Waals surface area contributed by atoms with Crippen molar-refractivity contribution in [1.82, 2.24) is 10.3 Å². The minimum absolute atomic E-state index is 0.0125. The molecular formula is C23H27N3O2S. The smallest absolute Gasteiger partial charge is 0.225 e. The predicted molar refractivity (Wildman–Crippen MR) is 119 cm³/mol. The number of piperidine rings is 1. The monoisotopic (exact) mass is 409 g/mol. The number of carbonyl (C=O) groups is 1. The second-order valence-electron chi connectivity index (χ2n) is 7.49. The number of hydrogen-bond acceptors (Lipinski definition) is 5. The van der Waals surface area contributed by atoms with E-state index in [1.54, 1.807) is 11.3 Å². The summed E-state index contributed by atoms with van der Waals surface area (Å²) >= 11 is 1.67. The van der Waals surface area contributed by atoms with Gasteiger partial charge in [0.1, 0.15) is 5.75 Å². The largest absolute Gasteiger partial charge is 0.494 e. The molecule has 1 aliphatic heterocycles. The number of ether oxygens (including phenoxy) is 1. The fraction of sp³-hybridized carbons (Fsp3) is 0.391. The maximum atomic E-state index is 12.9. The molecule has 0 radical (unpaired) electrons. The Balaban J connectivity index is 1.44. The van der Waals surface area contributed by atoms with Gasteiger partial charge in [-0.2, -0.15) is 0 Å². The number of thiazole rings is 1. The van der Waals surface area contributed by atoms with E-state index in [1.807, 2.05) is 44.2 Å². The summed E-state index contributed by atoms with van der Waals surface area (Å²) in [4.78, 5) is 19.9. The van der Waals surface area contributed by atoms with E-state index in [0.29, 0.717) is 13.2 Å². The molecule has 4 rings (SSSR count). The first-order valence-electron chi connectivity index (χ1n) is 10.3. The zero-order valence-electron chi connectivity index (χ0n) is 16.9. The molecule has 0 bridgehead atoms. The minimum Gasteiger partial charge on any atom is -0.494 e. The predicted octanol–water partition coefficient (Wildman–Crippen LogP) is 4.79. The average molecular weight is 410 g/mol. The van der Waals surface area contributed by atoms with Gasteiger partial charge in [0, 0.05) is 13.1 Å². The molecule has 1 saturated heterocycles. The van der Waals surface area contributed by atoms with Crippen LogP contribution in [0.2, 0.25) is 0 Å². The Kier molecular flexibility index (Phi) is 6.00. The van der Waals surface area contributed by atoms with Crippen LogP contribution in [-0.2, 0) is 4.79 Å². The number of anilines is 1. The Morgan fingerprint density at radius 3 is 2.93 bits per heavy atom. The lowest BCUT2D eigenvalue weighted by atomic mass is 9.96. The topological polar surface area (TPSA) is 54.5 Å². The van der Waals surface area contributed by atoms with Gasteiger partial charge in [-0.3, -0.25) is 4.79 Å². The molecule has 0 spiro atoms. The number of rotatable bonds is 6. The first kappa shape index (κ1) is 19.7. The third kappa shape index (κ3) is 4.53. The molecule has 2 atom stereocenters.